The van der Waals surface area contributed by atoms with Gasteiger partial charge in [0.05, 0.1) is 4.90 Å². The summed E-state index contributed by atoms with van der Waals surface area (Å²) in [5.41, 5.74) is 3.64. The van der Waals surface area contributed by atoms with E-state index in [1.807, 2.05) is 31.2 Å². The standard InChI is InChI=1S/C26H33N3O4S/c1-19-7-9-21(10-8-19)13-14-27-26(31)25-18-22-17-23(11-12-24(22)29(25)20(2)30)34(32,33)28-15-5-3-4-6-16-28/h7-12,17,25H,3-6,13-16,18H2,1-2H3,(H,27,31)/t25-/m1/s1. The number of aryl methyl sites for hydroxylation is 1. The molecule has 0 saturated carbocycles. The Morgan fingerprint density at radius 3 is 2.32 bits per heavy atom. The van der Waals surface area contributed by atoms with Gasteiger partial charge in [-0.25, -0.2) is 8.42 Å². The first-order chi connectivity index (χ1) is 16.3. The Balaban J connectivity index is 1.48. The van der Waals surface area contributed by atoms with E-state index in [-0.39, 0.29) is 16.7 Å². The van der Waals surface area contributed by atoms with Gasteiger partial charge in [-0.3, -0.25) is 14.5 Å². The summed E-state index contributed by atoms with van der Waals surface area (Å²) in [6.07, 6.45) is 4.83. The van der Waals surface area contributed by atoms with Crippen LogP contribution < -0.4 is 10.2 Å². The molecule has 2 amide bonds. The molecule has 2 aromatic rings. The molecule has 1 fully saturated rings. The minimum absolute atomic E-state index is 0.226. The molecule has 0 aromatic heterocycles. The Bertz CT molecular complexity index is 1150. The van der Waals surface area contributed by atoms with Crippen LogP contribution in [0.15, 0.2) is 47.4 Å². The molecule has 0 radical (unpaired) electrons. The normalized spacial score (nSPS) is 18.9. The highest BCUT2D eigenvalue weighted by Gasteiger charge is 2.38. The molecular formula is C26H33N3O4S. The molecule has 0 spiro atoms. The van der Waals surface area contributed by atoms with Crippen LogP contribution in [0.25, 0.3) is 0 Å². The summed E-state index contributed by atoms with van der Waals surface area (Å²) in [5, 5.41) is 2.95. The predicted octanol–water partition coefficient (Wildman–Crippen LogP) is 3.20. The minimum Gasteiger partial charge on any atom is -0.354 e. The molecule has 1 N–H and O–H groups in total. The van der Waals surface area contributed by atoms with E-state index in [1.165, 1.54) is 17.4 Å². The topological polar surface area (TPSA) is 86.8 Å². The van der Waals surface area contributed by atoms with Gasteiger partial charge in [-0.2, -0.15) is 4.31 Å². The Kier molecular flexibility index (Phi) is 7.38. The van der Waals surface area contributed by atoms with Crippen LogP contribution >= 0.6 is 0 Å². The summed E-state index contributed by atoms with van der Waals surface area (Å²) < 4.78 is 28.0. The number of carbonyl (C=O) groups excluding carboxylic acids is 2. The van der Waals surface area contributed by atoms with Crippen molar-refractivity contribution in [1.29, 1.82) is 0 Å². The van der Waals surface area contributed by atoms with E-state index in [1.54, 1.807) is 22.5 Å². The third kappa shape index (κ3) is 5.18. The summed E-state index contributed by atoms with van der Waals surface area (Å²) >= 11 is 0. The fraction of sp³-hybridized carbons (Fsp3) is 0.462. The molecule has 0 unspecified atom stereocenters. The number of hydrogen-bond acceptors (Lipinski definition) is 4. The quantitative estimate of drug-likeness (QED) is 0.684. The molecule has 182 valence electrons. The van der Waals surface area contributed by atoms with Crippen LogP contribution in [-0.2, 0) is 32.5 Å². The van der Waals surface area contributed by atoms with Gasteiger partial charge in [0.15, 0.2) is 0 Å². The molecule has 2 aliphatic heterocycles. The van der Waals surface area contributed by atoms with Crippen molar-refractivity contribution in [2.24, 2.45) is 0 Å². The van der Waals surface area contributed by atoms with Crippen molar-refractivity contribution in [3.8, 4) is 0 Å². The van der Waals surface area contributed by atoms with Crippen molar-refractivity contribution in [2.45, 2.75) is 63.3 Å². The number of benzene rings is 2. The molecule has 0 aliphatic carbocycles. The predicted molar refractivity (Wildman–Crippen MR) is 132 cm³/mol. The van der Waals surface area contributed by atoms with Crippen LogP contribution in [0.2, 0.25) is 0 Å². The zero-order valence-corrected chi connectivity index (χ0v) is 20.7. The maximum absolute atomic E-state index is 13.2. The molecule has 8 heteroatoms. The van der Waals surface area contributed by atoms with Crippen molar-refractivity contribution in [2.75, 3.05) is 24.5 Å². The Labute approximate surface area is 202 Å². The van der Waals surface area contributed by atoms with Gasteiger partial charge in [-0.1, -0.05) is 42.7 Å². The van der Waals surface area contributed by atoms with E-state index in [0.717, 1.165) is 31.2 Å². The van der Waals surface area contributed by atoms with E-state index >= 15 is 0 Å². The number of rotatable bonds is 6. The van der Waals surface area contributed by atoms with Crippen LogP contribution in [0.5, 0.6) is 0 Å². The number of nitrogens with one attached hydrogen (secondary N) is 1. The number of nitrogens with zero attached hydrogens (tertiary/aromatic N) is 2. The molecule has 1 saturated heterocycles. The van der Waals surface area contributed by atoms with E-state index in [2.05, 4.69) is 5.32 Å². The first-order valence-corrected chi connectivity index (χ1v) is 13.5. The Morgan fingerprint density at radius 2 is 1.68 bits per heavy atom. The van der Waals surface area contributed by atoms with Crippen molar-refractivity contribution < 1.29 is 18.0 Å². The summed E-state index contributed by atoms with van der Waals surface area (Å²) in [7, 11) is -3.60. The molecule has 0 bridgehead atoms. The van der Waals surface area contributed by atoms with Gasteiger partial charge in [0.2, 0.25) is 21.8 Å². The second-order valence-corrected chi connectivity index (χ2v) is 11.2. The number of amides is 2. The fourth-order valence-corrected chi connectivity index (χ4v) is 6.39. The maximum atomic E-state index is 13.2. The van der Waals surface area contributed by atoms with Gasteiger partial charge in [0, 0.05) is 38.7 Å². The smallest absolute Gasteiger partial charge is 0.243 e. The summed E-state index contributed by atoms with van der Waals surface area (Å²) in [6, 6.07) is 12.4. The highest BCUT2D eigenvalue weighted by atomic mass is 32.2. The number of anilines is 1. The molecule has 2 heterocycles. The van der Waals surface area contributed by atoms with Gasteiger partial charge >= 0.3 is 0 Å². The lowest BCUT2D eigenvalue weighted by atomic mass is 10.1. The minimum atomic E-state index is -3.60. The molecule has 4 rings (SSSR count). The van der Waals surface area contributed by atoms with Gasteiger partial charge in [0.25, 0.3) is 0 Å². The number of carbonyl (C=O) groups is 2. The van der Waals surface area contributed by atoms with Crippen molar-refractivity contribution in [3.05, 3.63) is 59.2 Å². The van der Waals surface area contributed by atoms with Crippen molar-refractivity contribution in [3.63, 3.8) is 0 Å². The third-order valence-corrected chi connectivity index (χ3v) is 8.61. The zero-order valence-electron chi connectivity index (χ0n) is 19.9. The summed E-state index contributed by atoms with van der Waals surface area (Å²) in [5.74, 6) is -0.462. The summed E-state index contributed by atoms with van der Waals surface area (Å²) in [4.78, 5) is 27.2. The second kappa shape index (κ2) is 10.3. The van der Waals surface area contributed by atoms with Crippen molar-refractivity contribution >= 4 is 27.5 Å². The monoisotopic (exact) mass is 483 g/mol. The lowest BCUT2D eigenvalue weighted by Gasteiger charge is -2.24. The SMILES string of the molecule is CC(=O)N1c2ccc(S(=O)(=O)N3CCCCCC3)cc2C[C@@H]1C(=O)NCCc1ccc(C)cc1. The van der Waals surface area contributed by atoms with Gasteiger partial charge in [0.1, 0.15) is 6.04 Å². The van der Waals surface area contributed by atoms with Gasteiger partial charge in [-0.05, 0) is 55.5 Å². The van der Waals surface area contributed by atoms with E-state index in [9.17, 15) is 18.0 Å². The van der Waals surface area contributed by atoms with E-state index in [4.69, 9.17) is 0 Å². The molecule has 2 aliphatic rings. The maximum Gasteiger partial charge on any atom is 0.243 e. The second-order valence-electron chi connectivity index (χ2n) is 9.24. The highest BCUT2D eigenvalue weighted by molar-refractivity contribution is 7.89. The molecular weight excluding hydrogens is 450 g/mol. The Morgan fingerprint density at radius 1 is 1.00 bits per heavy atom. The van der Waals surface area contributed by atoms with E-state index in [0.29, 0.717) is 43.7 Å². The van der Waals surface area contributed by atoms with Crippen LogP contribution in [0.1, 0.15) is 49.3 Å². The van der Waals surface area contributed by atoms with Crippen molar-refractivity contribution in [1.82, 2.24) is 9.62 Å². The lowest BCUT2D eigenvalue weighted by molar-refractivity contribution is -0.125. The van der Waals surface area contributed by atoms with Gasteiger partial charge < -0.3 is 5.32 Å². The average molecular weight is 484 g/mol. The Hall–Kier alpha value is -2.71. The molecule has 34 heavy (non-hydrogen) atoms. The number of hydrogen-bond donors (Lipinski definition) is 1. The lowest BCUT2D eigenvalue weighted by Crippen LogP contribution is -2.47. The van der Waals surface area contributed by atoms with Crippen LogP contribution in [0.4, 0.5) is 5.69 Å². The number of sulfonamides is 1. The van der Waals surface area contributed by atoms with Crippen LogP contribution in [0, 0.1) is 6.92 Å². The third-order valence-electron chi connectivity index (χ3n) is 6.71. The average Bonchev–Trinajstić information content (AvgIpc) is 2.98. The van der Waals surface area contributed by atoms with Gasteiger partial charge in [-0.15, -0.1) is 0 Å². The summed E-state index contributed by atoms with van der Waals surface area (Å²) in [6.45, 7) is 5.00. The number of fused-ring (bicyclic) bond motifs is 1. The van der Waals surface area contributed by atoms with E-state index < -0.39 is 16.1 Å². The zero-order chi connectivity index (χ0) is 24.3. The first-order valence-electron chi connectivity index (χ1n) is 12.0. The molecule has 2 aromatic carbocycles. The van der Waals surface area contributed by atoms with Crippen LogP contribution in [-0.4, -0.2) is 50.2 Å². The van der Waals surface area contributed by atoms with Crippen LogP contribution in [0.3, 0.4) is 0 Å². The molecule has 1 atom stereocenters. The molecule has 7 nitrogen and oxygen atoms in total. The first kappa shape index (κ1) is 24.4. The highest BCUT2D eigenvalue weighted by Crippen LogP contribution is 2.35. The fourth-order valence-electron chi connectivity index (χ4n) is 4.82. The largest absolute Gasteiger partial charge is 0.354 e.